The molecule has 2 aromatic rings. The number of esters is 1. The maximum atomic E-state index is 13.5. The van der Waals surface area contributed by atoms with Crippen molar-refractivity contribution in [3.8, 4) is 0 Å². The number of fused-ring (bicyclic) bond motifs is 1. The monoisotopic (exact) mass is 565 g/mol. The molecule has 3 heterocycles. The van der Waals surface area contributed by atoms with Crippen molar-refractivity contribution >= 4 is 29.6 Å². The topological polar surface area (TPSA) is 121 Å². The van der Waals surface area contributed by atoms with Crippen LogP contribution in [0.5, 0.6) is 0 Å². The molecular weight excluding hydrogens is 526 g/mol. The van der Waals surface area contributed by atoms with E-state index in [0.717, 1.165) is 11.3 Å². The van der Waals surface area contributed by atoms with Crippen molar-refractivity contribution in [3.63, 3.8) is 0 Å². The van der Waals surface area contributed by atoms with E-state index in [-0.39, 0.29) is 37.5 Å². The minimum atomic E-state index is -0.617. The number of hydrogen-bond donors (Lipinski definition) is 1. The van der Waals surface area contributed by atoms with Gasteiger partial charge in [0, 0.05) is 56.4 Å². The van der Waals surface area contributed by atoms with Crippen LogP contribution in [0.1, 0.15) is 61.6 Å². The minimum Gasteiger partial charge on any atom is -0.466 e. The number of anilines is 1. The van der Waals surface area contributed by atoms with E-state index >= 15 is 0 Å². The molecule has 41 heavy (non-hydrogen) atoms. The summed E-state index contributed by atoms with van der Waals surface area (Å²) in [6, 6.07) is 8.76. The van der Waals surface area contributed by atoms with Gasteiger partial charge in [0.2, 0.25) is 5.91 Å². The van der Waals surface area contributed by atoms with Gasteiger partial charge in [0.05, 0.1) is 25.6 Å². The van der Waals surface area contributed by atoms with Gasteiger partial charge in [0.25, 0.3) is 5.91 Å². The predicted octanol–water partition coefficient (Wildman–Crippen LogP) is 2.95. The van der Waals surface area contributed by atoms with E-state index in [9.17, 15) is 19.2 Å². The molecule has 11 nitrogen and oxygen atoms in total. The molecule has 1 aromatic heterocycles. The SMILES string of the molecule is CCOC(=O)C[C@H](NC(=O)CN1CCc2ccc(N3CCN(C(=O)OC(C)(C)C)CC3)cc2C1=O)c1cccnc1. The predicted molar refractivity (Wildman–Crippen MR) is 152 cm³/mol. The second-order valence-corrected chi connectivity index (χ2v) is 11.2. The summed E-state index contributed by atoms with van der Waals surface area (Å²) >= 11 is 0. The Labute approximate surface area is 240 Å². The molecule has 2 aliphatic rings. The number of nitrogens with one attached hydrogen (secondary N) is 1. The van der Waals surface area contributed by atoms with E-state index in [1.165, 1.54) is 4.90 Å². The van der Waals surface area contributed by atoms with Crippen molar-refractivity contribution < 1.29 is 28.7 Å². The molecule has 1 atom stereocenters. The van der Waals surface area contributed by atoms with Crippen molar-refractivity contribution in [2.75, 3.05) is 50.8 Å². The van der Waals surface area contributed by atoms with Gasteiger partial charge < -0.3 is 29.5 Å². The Kier molecular flexibility index (Phi) is 9.46. The van der Waals surface area contributed by atoms with Gasteiger partial charge in [-0.15, -0.1) is 0 Å². The third-order valence-electron chi connectivity index (χ3n) is 6.99. The second kappa shape index (κ2) is 13.0. The summed E-state index contributed by atoms with van der Waals surface area (Å²) in [5.74, 6) is -1.00. The van der Waals surface area contributed by atoms with Crippen LogP contribution in [0.3, 0.4) is 0 Å². The van der Waals surface area contributed by atoms with Crippen LogP contribution in [0.15, 0.2) is 42.7 Å². The van der Waals surface area contributed by atoms with E-state index in [2.05, 4.69) is 15.2 Å². The Bertz CT molecular complexity index is 1250. The van der Waals surface area contributed by atoms with E-state index in [1.54, 1.807) is 36.4 Å². The molecule has 0 saturated carbocycles. The number of piperazine rings is 1. The van der Waals surface area contributed by atoms with Crippen molar-refractivity contribution in [2.24, 2.45) is 0 Å². The highest BCUT2D eigenvalue weighted by Gasteiger charge is 2.30. The van der Waals surface area contributed by atoms with E-state index in [4.69, 9.17) is 9.47 Å². The number of hydrogen-bond acceptors (Lipinski definition) is 8. The van der Waals surface area contributed by atoms with Gasteiger partial charge in [0.15, 0.2) is 0 Å². The van der Waals surface area contributed by atoms with E-state index in [1.807, 2.05) is 39.0 Å². The van der Waals surface area contributed by atoms with Crippen LogP contribution in [-0.2, 0) is 25.5 Å². The summed E-state index contributed by atoms with van der Waals surface area (Å²) in [5, 5.41) is 2.88. The number of ether oxygens (including phenoxy) is 2. The summed E-state index contributed by atoms with van der Waals surface area (Å²) in [5.41, 5.74) is 2.56. The Morgan fingerprint density at radius 2 is 1.83 bits per heavy atom. The third-order valence-corrected chi connectivity index (χ3v) is 6.99. The Balaban J connectivity index is 1.38. The first-order valence-corrected chi connectivity index (χ1v) is 14.0. The average molecular weight is 566 g/mol. The number of pyridine rings is 1. The van der Waals surface area contributed by atoms with Crippen LogP contribution in [-0.4, -0.2) is 90.1 Å². The molecule has 0 bridgehead atoms. The first-order valence-electron chi connectivity index (χ1n) is 14.0. The van der Waals surface area contributed by atoms with Crippen molar-refractivity contribution in [3.05, 3.63) is 59.4 Å². The molecular formula is C30H39N5O6. The van der Waals surface area contributed by atoms with Gasteiger partial charge >= 0.3 is 12.1 Å². The first kappa shape index (κ1) is 29.8. The lowest BCUT2D eigenvalue weighted by Gasteiger charge is -2.37. The average Bonchev–Trinajstić information content (AvgIpc) is 2.94. The molecule has 1 aromatic carbocycles. The summed E-state index contributed by atoms with van der Waals surface area (Å²) in [6.45, 7) is 10.1. The summed E-state index contributed by atoms with van der Waals surface area (Å²) in [4.78, 5) is 60.6. The van der Waals surface area contributed by atoms with Gasteiger partial charge in [-0.3, -0.25) is 19.4 Å². The second-order valence-electron chi connectivity index (χ2n) is 11.2. The molecule has 4 rings (SSSR count). The van der Waals surface area contributed by atoms with Crippen molar-refractivity contribution in [1.82, 2.24) is 20.1 Å². The van der Waals surface area contributed by atoms with Crippen LogP contribution in [0.4, 0.5) is 10.5 Å². The number of carbonyl (C=O) groups excluding carboxylic acids is 4. The molecule has 0 aliphatic carbocycles. The molecule has 0 radical (unpaired) electrons. The van der Waals surface area contributed by atoms with Crippen LogP contribution in [0.2, 0.25) is 0 Å². The standard InChI is InChI=1S/C30H39N5O6/c1-5-40-27(37)18-25(22-7-6-11-31-19-22)32-26(36)20-35-12-10-21-8-9-23(17-24(21)28(35)38)33-13-15-34(16-14-33)29(39)41-30(2,3)4/h6-9,11,17,19,25H,5,10,12-16,18,20H2,1-4H3,(H,32,36)/t25-/m0/s1. The van der Waals surface area contributed by atoms with Crippen LogP contribution in [0.25, 0.3) is 0 Å². The van der Waals surface area contributed by atoms with Gasteiger partial charge in [-0.1, -0.05) is 12.1 Å². The van der Waals surface area contributed by atoms with E-state index in [0.29, 0.717) is 50.3 Å². The van der Waals surface area contributed by atoms with Crippen LogP contribution >= 0.6 is 0 Å². The summed E-state index contributed by atoms with van der Waals surface area (Å²) < 4.78 is 10.6. The van der Waals surface area contributed by atoms with Gasteiger partial charge in [0.1, 0.15) is 5.60 Å². The lowest BCUT2D eigenvalue weighted by Crippen LogP contribution is -2.50. The fourth-order valence-corrected chi connectivity index (χ4v) is 4.96. The van der Waals surface area contributed by atoms with Gasteiger partial charge in [-0.05, 0) is 63.4 Å². The van der Waals surface area contributed by atoms with Crippen LogP contribution < -0.4 is 10.2 Å². The lowest BCUT2D eigenvalue weighted by molar-refractivity contribution is -0.143. The molecule has 11 heteroatoms. The Hall–Kier alpha value is -4.15. The highest BCUT2D eigenvalue weighted by molar-refractivity contribution is 5.99. The molecule has 220 valence electrons. The molecule has 3 amide bonds. The number of rotatable bonds is 8. The van der Waals surface area contributed by atoms with Crippen molar-refractivity contribution in [1.29, 1.82) is 0 Å². The number of benzene rings is 1. The van der Waals surface area contributed by atoms with Crippen LogP contribution in [0, 0.1) is 0 Å². The normalized spacial score (nSPS) is 16.1. The summed E-state index contributed by atoms with van der Waals surface area (Å²) in [7, 11) is 0. The van der Waals surface area contributed by atoms with Gasteiger partial charge in [-0.25, -0.2) is 4.79 Å². The first-order chi connectivity index (χ1) is 19.5. The fourth-order valence-electron chi connectivity index (χ4n) is 4.96. The Morgan fingerprint density at radius 3 is 2.49 bits per heavy atom. The smallest absolute Gasteiger partial charge is 0.410 e. The lowest BCUT2D eigenvalue weighted by atomic mass is 9.97. The van der Waals surface area contributed by atoms with Crippen molar-refractivity contribution in [2.45, 2.75) is 52.2 Å². The highest BCUT2D eigenvalue weighted by atomic mass is 16.6. The minimum absolute atomic E-state index is 0.0351. The summed E-state index contributed by atoms with van der Waals surface area (Å²) in [6.07, 6.45) is 3.50. The maximum absolute atomic E-state index is 13.5. The number of aromatic nitrogens is 1. The molecule has 0 spiro atoms. The largest absolute Gasteiger partial charge is 0.466 e. The number of amides is 3. The maximum Gasteiger partial charge on any atom is 0.410 e. The quantitative estimate of drug-likeness (QED) is 0.485. The zero-order valence-electron chi connectivity index (χ0n) is 24.2. The van der Waals surface area contributed by atoms with E-state index < -0.39 is 17.6 Å². The molecule has 1 fully saturated rings. The van der Waals surface area contributed by atoms with Gasteiger partial charge in [-0.2, -0.15) is 0 Å². The third kappa shape index (κ3) is 7.96. The Morgan fingerprint density at radius 1 is 1.07 bits per heavy atom. The highest BCUT2D eigenvalue weighted by Crippen LogP contribution is 2.26. The molecule has 1 saturated heterocycles. The number of carbonyl (C=O) groups is 4. The molecule has 0 unspecified atom stereocenters. The zero-order chi connectivity index (χ0) is 29.6. The molecule has 1 N–H and O–H groups in total. The zero-order valence-corrected chi connectivity index (χ0v) is 24.2. The molecule has 2 aliphatic heterocycles. The fraction of sp³-hybridized carbons (Fsp3) is 0.500. The number of nitrogens with zero attached hydrogens (tertiary/aromatic N) is 4.